The van der Waals surface area contributed by atoms with E-state index in [0.29, 0.717) is 5.16 Å². The normalized spacial score (nSPS) is 11.7. The van der Waals surface area contributed by atoms with Crippen LogP contribution >= 0.6 is 11.8 Å². The van der Waals surface area contributed by atoms with Crippen LogP contribution in [0.5, 0.6) is 0 Å². The van der Waals surface area contributed by atoms with E-state index in [0.717, 1.165) is 16.7 Å². The second kappa shape index (κ2) is 5.50. The standard InChI is InChI=1S/C17H16N2O2S/c1-17(2,15(20)21)22-16-18-13-10-6-7-11-14(13)19(16)12-8-4-3-5-9-12/h3-11H,1-2H3,(H,20,21). The molecule has 0 aliphatic carbocycles. The van der Waals surface area contributed by atoms with Gasteiger partial charge in [0.1, 0.15) is 4.75 Å². The number of para-hydroxylation sites is 3. The molecule has 0 unspecified atom stereocenters. The summed E-state index contributed by atoms with van der Waals surface area (Å²) in [6.45, 7) is 3.38. The average Bonchev–Trinajstić information content (AvgIpc) is 2.85. The van der Waals surface area contributed by atoms with Gasteiger partial charge >= 0.3 is 5.97 Å². The maximum absolute atomic E-state index is 11.4. The summed E-state index contributed by atoms with van der Waals surface area (Å²) < 4.78 is 1.05. The summed E-state index contributed by atoms with van der Waals surface area (Å²) in [5.74, 6) is -0.857. The number of thioether (sulfide) groups is 1. The van der Waals surface area contributed by atoms with Crippen LogP contribution in [0.4, 0.5) is 0 Å². The molecule has 0 aliphatic rings. The van der Waals surface area contributed by atoms with Crippen LogP contribution < -0.4 is 0 Å². The molecule has 1 aromatic heterocycles. The maximum Gasteiger partial charge on any atom is 0.319 e. The number of aromatic nitrogens is 2. The van der Waals surface area contributed by atoms with E-state index < -0.39 is 10.7 Å². The molecule has 1 N–H and O–H groups in total. The lowest BCUT2D eigenvalue weighted by atomic mass is 10.2. The zero-order valence-corrected chi connectivity index (χ0v) is 13.2. The molecular weight excluding hydrogens is 296 g/mol. The number of imidazole rings is 1. The third-order valence-electron chi connectivity index (χ3n) is 3.41. The number of nitrogens with zero attached hydrogens (tertiary/aromatic N) is 2. The van der Waals surface area contributed by atoms with Crippen LogP contribution in [0.25, 0.3) is 16.7 Å². The molecule has 112 valence electrons. The molecule has 0 bridgehead atoms. The highest BCUT2D eigenvalue weighted by Crippen LogP contribution is 2.35. The molecular formula is C17H16N2O2S. The third kappa shape index (κ3) is 2.60. The molecule has 0 saturated heterocycles. The van der Waals surface area contributed by atoms with Crippen molar-refractivity contribution in [3.05, 3.63) is 54.6 Å². The fraction of sp³-hybridized carbons (Fsp3) is 0.176. The van der Waals surface area contributed by atoms with Crippen molar-refractivity contribution in [3.63, 3.8) is 0 Å². The molecule has 1 heterocycles. The van der Waals surface area contributed by atoms with Gasteiger partial charge in [-0.05, 0) is 38.1 Å². The number of carboxylic acids is 1. The first kappa shape index (κ1) is 14.7. The van der Waals surface area contributed by atoms with E-state index in [-0.39, 0.29) is 0 Å². The van der Waals surface area contributed by atoms with Gasteiger partial charge in [0.2, 0.25) is 0 Å². The first-order valence-electron chi connectivity index (χ1n) is 6.94. The quantitative estimate of drug-likeness (QED) is 0.740. The maximum atomic E-state index is 11.4. The van der Waals surface area contributed by atoms with E-state index in [4.69, 9.17) is 0 Å². The molecule has 3 aromatic rings. The van der Waals surface area contributed by atoms with Crippen molar-refractivity contribution in [3.8, 4) is 5.69 Å². The summed E-state index contributed by atoms with van der Waals surface area (Å²) in [6.07, 6.45) is 0. The largest absolute Gasteiger partial charge is 0.480 e. The zero-order valence-electron chi connectivity index (χ0n) is 12.4. The van der Waals surface area contributed by atoms with Gasteiger partial charge in [0, 0.05) is 5.69 Å². The Balaban J connectivity index is 2.20. The lowest BCUT2D eigenvalue weighted by Gasteiger charge is -2.18. The predicted octanol–water partition coefficient (Wildman–Crippen LogP) is 3.98. The smallest absolute Gasteiger partial charge is 0.319 e. The van der Waals surface area contributed by atoms with Gasteiger partial charge in [-0.15, -0.1) is 0 Å². The number of hydrogen-bond donors (Lipinski definition) is 1. The van der Waals surface area contributed by atoms with Gasteiger partial charge < -0.3 is 5.11 Å². The first-order valence-corrected chi connectivity index (χ1v) is 7.76. The second-order valence-electron chi connectivity index (χ2n) is 5.47. The van der Waals surface area contributed by atoms with Gasteiger partial charge in [0.15, 0.2) is 5.16 Å². The van der Waals surface area contributed by atoms with E-state index in [1.165, 1.54) is 11.8 Å². The van der Waals surface area contributed by atoms with Gasteiger partial charge in [-0.2, -0.15) is 0 Å². The summed E-state index contributed by atoms with van der Waals surface area (Å²) >= 11 is 1.25. The summed E-state index contributed by atoms with van der Waals surface area (Å²) in [4.78, 5) is 16.0. The Morgan fingerprint density at radius 2 is 1.73 bits per heavy atom. The highest BCUT2D eigenvalue weighted by molar-refractivity contribution is 8.01. The summed E-state index contributed by atoms with van der Waals surface area (Å²) in [7, 11) is 0. The molecule has 0 aliphatic heterocycles. The first-order chi connectivity index (χ1) is 10.5. The highest BCUT2D eigenvalue weighted by Gasteiger charge is 2.31. The molecule has 2 aromatic carbocycles. The van der Waals surface area contributed by atoms with Crippen molar-refractivity contribution in [2.45, 2.75) is 23.8 Å². The molecule has 5 heteroatoms. The summed E-state index contributed by atoms with van der Waals surface area (Å²) in [5.41, 5.74) is 2.80. The third-order valence-corrected chi connectivity index (χ3v) is 4.55. The van der Waals surface area contributed by atoms with Crippen LogP contribution in [0, 0.1) is 0 Å². The van der Waals surface area contributed by atoms with Crippen LogP contribution in [-0.2, 0) is 4.79 Å². The number of benzene rings is 2. The number of rotatable bonds is 4. The van der Waals surface area contributed by atoms with Gasteiger partial charge in [0.05, 0.1) is 11.0 Å². The number of fused-ring (bicyclic) bond motifs is 1. The van der Waals surface area contributed by atoms with Gasteiger partial charge in [0.25, 0.3) is 0 Å². The SMILES string of the molecule is CC(C)(Sc1nc2ccccc2n1-c1ccccc1)C(=O)O. The summed E-state index contributed by atoms with van der Waals surface area (Å²) in [5, 5.41) is 10.1. The molecule has 0 spiro atoms. The minimum absolute atomic E-state index is 0.680. The van der Waals surface area contributed by atoms with Crippen LogP contribution in [0.1, 0.15) is 13.8 Å². The molecule has 0 atom stereocenters. The van der Waals surface area contributed by atoms with Gasteiger partial charge in [-0.3, -0.25) is 9.36 Å². The monoisotopic (exact) mass is 312 g/mol. The topological polar surface area (TPSA) is 55.1 Å². The van der Waals surface area contributed by atoms with Gasteiger partial charge in [-0.1, -0.05) is 42.1 Å². The van der Waals surface area contributed by atoms with E-state index in [1.54, 1.807) is 13.8 Å². The number of aliphatic carboxylic acids is 1. The number of hydrogen-bond acceptors (Lipinski definition) is 3. The molecule has 3 rings (SSSR count). The molecule has 0 amide bonds. The number of carbonyl (C=O) groups is 1. The molecule has 0 fully saturated rings. The molecule has 0 radical (unpaired) electrons. The average molecular weight is 312 g/mol. The van der Waals surface area contributed by atoms with Crippen LogP contribution in [0.2, 0.25) is 0 Å². The fourth-order valence-electron chi connectivity index (χ4n) is 2.17. The van der Waals surface area contributed by atoms with E-state index in [2.05, 4.69) is 4.98 Å². The lowest BCUT2D eigenvalue weighted by Crippen LogP contribution is -2.27. The molecule has 22 heavy (non-hydrogen) atoms. The predicted molar refractivity (Wildman–Crippen MR) is 88.6 cm³/mol. The zero-order chi connectivity index (χ0) is 15.7. The Morgan fingerprint density at radius 3 is 2.41 bits per heavy atom. The lowest BCUT2D eigenvalue weighted by molar-refractivity contribution is -0.138. The fourth-order valence-corrected chi connectivity index (χ4v) is 3.15. The van der Waals surface area contributed by atoms with E-state index >= 15 is 0 Å². The van der Waals surface area contributed by atoms with Crippen LogP contribution in [-0.4, -0.2) is 25.4 Å². The van der Waals surface area contributed by atoms with Crippen molar-refractivity contribution in [2.75, 3.05) is 0 Å². The van der Waals surface area contributed by atoms with Crippen LogP contribution in [0.15, 0.2) is 59.8 Å². The van der Waals surface area contributed by atoms with Crippen molar-refractivity contribution >= 4 is 28.8 Å². The van der Waals surface area contributed by atoms with Crippen molar-refractivity contribution < 1.29 is 9.90 Å². The minimum Gasteiger partial charge on any atom is -0.480 e. The van der Waals surface area contributed by atoms with Crippen molar-refractivity contribution in [1.29, 1.82) is 0 Å². The Hall–Kier alpha value is -2.27. The Kier molecular flexibility index (Phi) is 3.66. The van der Waals surface area contributed by atoms with Crippen molar-refractivity contribution in [1.82, 2.24) is 9.55 Å². The Labute approximate surface area is 132 Å². The van der Waals surface area contributed by atoms with Crippen molar-refractivity contribution in [2.24, 2.45) is 0 Å². The summed E-state index contributed by atoms with van der Waals surface area (Å²) in [6, 6.07) is 17.7. The Morgan fingerprint density at radius 1 is 1.09 bits per heavy atom. The van der Waals surface area contributed by atoms with Gasteiger partial charge in [-0.25, -0.2) is 4.98 Å². The molecule has 0 saturated carbocycles. The molecule has 4 nitrogen and oxygen atoms in total. The highest BCUT2D eigenvalue weighted by atomic mass is 32.2. The van der Waals surface area contributed by atoms with E-state index in [1.807, 2.05) is 59.2 Å². The Bertz CT molecular complexity index is 825. The van der Waals surface area contributed by atoms with Crippen LogP contribution in [0.3, 0.4) is 0 Å². The number of carboxylic acid groups (broad SMARTS) is 1. The second-order valence-corrected chi connectivity index (χ2v) is 7.06. The van der Waals surface area contributed by atoms with E-state index in [9.17, 15) is 9.90 Å². The minimum atomic E-state index is -0.950.